The first-order valence-corrected chi connectivity index (χ1v) is 10.3. The summed E-state index contributed by atoms with van der Waals surface area (Å²) in [6, 6.07) is 18.4. The third-order valence-electron chi connectivity index (χ3n) is 5.25. The molecule has 0 radical (unpaired) electrons. The molecule has 0 spiro atoms. The number of carbonyl (C=O) groups is 1. The lowest BCUT2D eigenvalue weighted by Crippen LogP contribution is -2.19. The number of anilines is 4. The van der Waals surface area contributed by atoms with E-state index in [4.69, 9.17) is 0 Å². The Morgan fingerprint density at radius 3 is 1.88 bits per heavy atom. The number of aromatic nitrogens is 4. The standard InChI is InChI=1S/C24H25N7O/c1-15-5-7-20(8-6-15)26-24(32)27-21-11-9-19(10-12-21)25-22-13-14-23(29-28-22)31-18(4)16(2)17(3)30-31/h5-14H,1-4H3,(H,25,28)(H2,26,27,32). The minimum Gasteiger partial charge on any atom is -0.339 e. The summed E-state index contributed by atoms with van der Waals surface area (Å²) in [6.07, 6.45) is 0. The van der Waals surface area contributed by atoms with Gasteiger partial charge in [-0.2, -0.15) is 5.10 Å². The topological polar surface area (TPSA) is 96.8 Å². The van der Waals surface area contributed by atoms with Crippen LogP contribution in [-0.2, 0) is 0 Å². The summed E-state index contributed by atoms with van der Waals surface area (Å²) < 4.78 is 1.80. The lowest BCUT2D eigenvalue weighted by molar-refractivity contribution is 0.262. The van der Waals surface area contributed by atoms with Gasteiger partial charge in [0.25, 0.3) is 0 Å². The Morgan fingerprint density at radius 2 is 1.34 bits per heavy atom. The van der Waals surface area contributed by atoms with Gasteiger partial charge in [0.05, 0.1) is 5.69 Å². The third kappa shape index (κ3) is 4.75. The van der Waals surface area contributed by atoms with Crippen molar-refractivity contribution in [3.05, 3.63) is 83.2 Å². The Labute approximate surface area is 186 Å². The van der Waals surface area contributed by atoms with Crippen molar-refractivity contribution >= 4 is 28.9 Å². The van der Waals surface area contributed by atoms with Crippen LogP contribution in [0.1, 0.15) is 22.5 Å². The van der Waals surface area contributed by atoms with Gasteiger partial charge < -0.3 is 16.0 Å². The fourth-order valence-corrected chi connectivity index (χ4v) is 3.16. The van der Waals surface area contributed by atoms with E-state index in [0.29, 0.717) is 17.3 Å². The van der Waals surface area contributed by atoms with Crippen LogP contribution in [0.5, 0.6) is 0 Å². The highest BCUT2D eigenvalue weighted by Gasteiger charge is 2.10. The largest absolute Gasteiger partial charge is 0.339 e. The number of nitrogens with one attached hydrogen (secondary N) is 3. The molecule has 0 atom stereocenters. The number of amides is 2. The third-order valence-corrected chi connectivity index (χ3v) is 5.25. The Kier molecular flexibility index (Phi) is 5.85. The van der Waals surface area contributed by atoms with Gasteiger partial charge in [-0.1, -0.05) is 17.7 Å². The van der Waals surface area contributed by atoms with Crippen LogP contribution >= 0.6 is 0 Å². The Hall–Kier alpha value is -4.20. The highest BCUT2D eigenvalue weighted by molar-refractivity contribution is 5.99. The molecule has 162 valence electrons. The number of nitrogens with zero attached hydrogens (tertiary/aromatic N) is 4. The number of hydrogen-bond acceptors (Lipinski definition) is 5. The second kappa shape index (κ2) is 8.89. The lowest BCUT2D eigenvalue weighted by atomic mass is 10.2. The van der Waals surface area contributed by atoms with Crippen molar-refractivity contribution in [2.75, 3.05) is 16.0 Å². The first-order valence-electron chi connectivity index (χ1n) is 10.3. The van der Waals surface area contributed by atoms with Gasteiger partial charge in [0, 0.05) is 22.8 Å². The zero-order valence-corrected chi connectivity index (χ0v) is 18.5. The fraction of sp³-hybridized carbons (Fsp3) is 0.167. The van der Waals surface area contributed by atoms with Crippen molar-refractivity contribution in [1.29, 1.82) is 0 Å². The zero-order chi connectivity index (χ0) is 22.7. The lowest BCUT2D eigenvalue weighted by Gasteiger charge is -2.10. The van der Waals surface area contributed by atoms with Crippen molar-refractivity contribution in [3.63, 3.8) is 0 Å². The van der Waals surface area contributed by atoms with Crippen molar-refractivity contribution in [1.82, 2.24) is 20.0 Å². The number of aryl methyl sites for hydroxylation is 2. The predicted molar refractivity (Wildman–Crippen MR) is 127 cm³/mol. The van der Waals surface area contributed by atoms with Crippen LogP contribution in [0.3, 0.4) is 0 Å². The van der Waals surface area contributed by atoms with E-state index in [1.807, 2.05) is 88.4 Å². The van der Waals surface area contributed by atoms with E-state index in [0.717, 1.165) is 33.9 Å². The van der Waals surface area contributed by atoms with Crippen LogP contribution in [0.15, 0.2) is 60.7 Å². The van der Waals surface area contributed by atoms with Crippen molar-refractivity contribution in [2.45, 2.75) is 27.7 Å². The fourth-order valence-electron chi connectivity index (χ4n) is 3.16. The normalized spacial score (nSPS) is 10.6. The minimum absolute atomic E-state index is 0.296. The molecule has 4 rings (SSSR count). The Morgan fingerprint density at radius 1 is 0.750 bits per heavy atom. The summed E-state index contributed by atoms with van der Waals surface area (Å²) in [5, 5.41) is 21.9. The molecule has 32 heavy (non-hydrogen) atoms. The highest BCUT2D eigenvalue weighted by Crippen LogP contribution is 2.19. The maximum absolute atomic E-state index is 12.2. The molecular weight excluding hydrogens is 402 g/mol. The van der Waals surface area contributed by atoms with Gasteiger partial charge in [0.1, 0.15) is 0 Å². The number of benzene rings is 2. The van der Waals surface area contributed by atoms with Gasteiger partial charge >= 0.3 is 6.03 Å². The molecule has 2 aromatic heterocycles. The molecule has 0 fully saturated rings. The molecule has 0 unspecified atom stereocenters. The molecule has 2 amide bonds. The van der Waals surface area contributed by atoms with E-state index in [9.17, 15) is 4.79 Å². The smallest absolute Gasteiger partial charge is 0.323 e. The van der Waals surface area contributed by atoms with Crippen LogP contribution in [0.25, 0.3) is 5.82 Å². The number of rotatable bonds is 5. The molecule has 0 bridgehead atoms. The Bertz CT molecular complexity index is 1230. The number of hydrogen-bond donors (Lipinski definition) is 3. The summed E-state index contributed by atoms with van der Waals surface area (Å²) >= 11 is 0. The highest BCUT2D eigenvalue weighted by atomic mass is 16.2. The molecular formula is C24H25N7O. The molecule has 3 N–H and O–H groups in total. The van der Waals surface area contributed by atoms with Gasteiger partial charge in [-0.3, -0.25) is 0 Å². The SMILES string of the molecule is Cc1ccc(NC(=O)Nc2ccc(Nc3ccc(-n4nc(C)c(C)c4C)nn3)cc2)cc1. The molecule has 0 saturated heterocycles. The molecule has 2 heterocycles. The van der Waals surface area contributed by atoms with E-state index < -0.39 is 0 Å². The van der Waals surface area contributed by atoms with Gasteiger partial charge in [-0.25, -0.2) is 9.48 Å². The number of carbonyl (C=O) groups excluding carboxylic acids is 1. The van der Waals surface area contributed by atoms with E-state index >= 15 is 0 Å². The van der Waals surface area contributed by atoms with Crippen molar-refractivity contribution in [3.8, 4) is 5.82 Å². The van der Waals surface area contributed by atoms with Gasteiger partial charge in [0.15, 0.2) is 11.6 Å². The predicted octanol–water partition coefficient (Wildman–Crippen LogP) is 5.28. The van der Waals surface area contributed by atoms with Gasteiger partial charge in [-0.15, -0.1) is 10.2 Å². The van der Waals surface area contributed by atoms with Gasteiger partial charge in [0.2, 0.25) is 0 Å². The molecule has 0 aliphatic carbocycles. The van der Waals surface area contributed by atoms with Crippen molar-refractivity contribution < 1.29 is 4.79 Å². The quantitative estimate of drug-likeness (QED) is 0.402. The van der Waals surface area contributed by atoms with E-state index in [2.05, 4.69) is 31.2 Å². The molecule has 8 nitrogen and oxygen atoms in total. The first-order chi connectivity index (χ1) is 15.4. The summed E-state index contributed by atoms with van der Waals surface area (Å²) in [5.74, 6) is 1.29. The second-order valence-corrected chi connectivity index (χ2v) is 7.63. The van der Waals surface area contributed by atoms with Crippen molar-refractivity contribution in [2.24, 2.45) is 0 Å². The van der Waals surface area contributed by atoms with Crippen LogP contribution in [-0.4, -0.2) is 26.0 Å². The van der Waals surface area contributed by atoms with Crippen LogP contribution in [0.2, 0.25) is 0 Å². The summed E-state index contributed by atoms with van der Waals surface area (Å²) in [7, 11) is 0. The average Bonchev–Trinajstić information content (AvgIpc) is 3.04. The summed E-state index contributed by atoms with van der Waals surface area (Å²) in [4.78, 5) is 12.2. The van der Waals surface area contributed by atoms with Crippen LogP contribution in [0, 0.1) is 27.7 Å². The minimum atomic E-state index is -0.296. The van der Waals surface area contributed by atoms with Gasteiger partial charge in [-0.05, 0) is 81.8 Å². The molecule has 8 heteroatoms. The maximum Gasteiger partial charge on any atom is 0.323 e. The average molecular weight is 428 g/mol. The van der Waals surface area contributed by atoms with E-state index in [1.165, 1.54) is 0 Å². The van der Waals surface area contributed by atoms with E-state index in [-0.39, 0.29) is 6.03 Å². The second-order valence-electron chi connectivity index (χ2n) is 7.63. The van der Waals surface area contributed by atoms with Crippen LogP contribution in [0.4, 0.5) is 27.7 Å². The summed E-state index contributed by atoms with van der Waals surface area (Å²) in [6.45, 7) is 8.04. The maximum atomic E-state index is 12.2. The monoisotopic (exact) mass is 427 g/mol. The van der Waals surface area contributed by atoms with Crippen LogP contribution < -0.4 is 16.0 Å². The van der Waals surface area contributed by atoms with E-state index in [1.54, 1.807) is 4.68 Å². The zero-order valence-electron chi connectivity index (χ0n) is 18.5. The number of urea groups is 1. The molecule has 0 aliphatic rings. The molecule has 4 aromatic rings. The molecule has 0 saturated carbocycles. The molecule has 2 aromatic carbocycles. The Balaban J connectivity index is 1.36. The molecule has 0 aliphatic heterocycles. The first kappa shape index (κ1) is 21.0. The summed E-state index contributed by atoms with van der Waals surface area (Å²) in [5.41, 5.74) is 6.57.